The minimum Gasteiger partial charge on any atom is -0.494 e. The maximum atomic E-state index is 12.6. The predicted octanol–water partition coefficient (Wildman–Crippen LogP) is 6.21. The molecule has 2 amide bonds. The third kappa shape index (κ3) is 10.5. The van der Waals surface area contributed by atoms with Crippen molar-refractivity contribution in [1.82, 2.24) is 20.4 Å². The predicted molar refractivity (Wildman–Crippen MR) is 173 cm³/mol. The summed E-state index contributed by atoms with van der Waals surface area (Å²) in [6.07, 6.45) is 11.8. The molecule has 8 bridgehead atoms. The Hall–Kier alpha value is -4.16. The summed E-state index contributed by atoms with van der Waals surface area (Å²) in [6, 6.07) is 15.3. The summed E-state index contributed by atoms with van der Waals surface area (Å²) in [7, 11) is 0. The largest absolute Gasteiger partial charge is 0.494 e. The van der Waals surface area contributed by atoms with Crippen molar-refractivity contribution in [2.45, 2.75) is 64.2 Å². The molecule has 4 aromatic rings. The van der Waals surface area contributed by atoms with E-state index in [1.807, 2.05) is 48.5 Å². The molecule has 0 aliphatic carbocycles. The summed E-state index contributed by atoms with van der Waals surface area (Å²) < 4.78 is 11.8. The number of nitrogens with one attached hydrogen (secondary N) is 2. The number of hydrogen-bond donors (Lipinski definition) is 2. The Balaban J connectivity index is 1.18. The van der Waals surface area contributed by atoms with Crippen LogP contribution in [0.4, 0.5) is 10.3 Å². The minimum atomic E-state index is -0.140. The molecule has 2 aromatic heterocycles. The molecule has 0 radical (unpaired) electrons. The molecule has 0 saturated heterocycles. The molecule has 12 heteroatoms. The van der Waals surface area contributed by atoms with Crippen LogP contribution in [0.1, 0.15) is 59.7 Å². The highest BCUT2D eigenvalue weighted by Crippen LogP contribution is 2.22. The first kappa shape index (κ1) is 31.3. The number of benzene rings is 2. The standard InChI is InChI=1S/C32H36N6O4S2/c39-27-21-23-11-9-13-25(19-23)41-17-7-3-1-2-4-8-18-42-26-14-10-12-24(20-26)22-28(40)34-32-38-36-30(44-32)16-6-5-15-29-35-37-31(33-27)43-29/h1-2,9-14,19-20H,3-8,15-18,21-22H2,(H,33,37,39)(H,34,38,40)/b2-1-. The van der Waals surface area contributed by atoms with Gasteiger partial charge in [0.2, 0.25) is 22.1 Å². The van der Waals surface area contributed by atoms with Crippen LogP contribution in [-0.2, 0) is 35.3 Å². The Morgan fingerprint density at radius 2 is 1.09 bits per heavy atom. The lowest BCUT2D eigenvalue weighted by Crippen LogP contribution is -2.14. The Labute approximate surface area is 264 Å². The first-order valence-electron chi connectivity index (χ1n) is 14.9. The van der Waals surface area contributed by atoms with Gasteiger partial charge in [0, 0.05) is 12.8 Å². The summed E-state index contributed by atoms with van der Waals surface area (Å²) in [5.74, 6) is 1.24. The van der Waals surface area contributed by atoms with Gasteiger partial charge in [-0.25, -0.2) is 0 Å². The minimum absolute atomic E-state index is 0.140. The second-order valence-electron chi connectivity index (χ2n) is 10.4. The molecule has 0 fully saturated rings. The summed E-state index contributed by atoms with van der Waals surface area (Å²) in [6.45, 7) is 1.21. The summed E-state index contributed by atoms with van der Waals surface area (Å²) in [4.78, 5) is 25.3. The summed E-state index contributed by atoms with van der Waals surface area (Å²) >= 11 is 2.79. The molecule has 1 aliphatic rings. The van der Waals surface area contributed by atoms with Crippen LogP contribution in [0.3, 0.4) is 0 Å². The van der Waals surface area contributed by atoms with E-state index in [0.717, 1.165) is 84.0 Å². The van der Waals surface area contributed by atoms with Crippen LogP contribution >= 0.6 is 22.7 Å². The van der Waals surface area contributed by atoms with Crippen LogP contribution in [0.25, 0.3) is 0 Å². The molecule has 44 heavy (non-hydrogen) atoms. The van der Waals surface area contributed by atoms with E-state index in [4.69, 9.17) is 9.47 Å². The van der Waals surface area contributed by atoms with E-state index in [0.29, 0.717) is 23.5 Å². The maximum absolute atomic E-state index is 12.6. The lowest BCUT2D eigenvalue weighted by atomic mass is 10.1. The number of carbonyl (C=O) groups is 2. The zero-order chi connectivity index (χ0) is 30.4. The molecule has 10 nitrogen and oxygen atoms in total. The van der Waals surface area contributed by atoms with Gasteiger partial charge in [-0.3, -0.25) is 9.59 Å². The van der Waals surface area contributed by atoms with E-state index in [2.05, 4.69) is 43.2 Å². The van der Waals surface area contributed by atoms with Gasteiger partial charge in [-0.1, -0.05) is 59.1 Å². The molecule has 3 heterocycles. The number of allylic oxidation sites excluding steroid dienone is 2. The molecular formula is C32H36N6O4S2. The van der Waals surface area contributed by atoms with E-state index >= 15 is 0 Å². The van der Waals surface area contributed by atoms with Crippen LogP contribution in [0, 0.1) is 0 Å². The van der Waals surface area contributed by atoms with Gasteiger partial charge in [-0.15, -0.1) is 20.4 Å². The number of fused-ring (bicyclic) bond motifs is 8. The Morgan fingerprint density at radius 3 is 1.57 bits per heavy atom. The van der Waals surface area contributed by atoms with E-state index in [-0.39, 0.29) is 24.7 Å². The number of aryl methyl sites for hydroxylation is 2. The first-order chi connectivity index (χ1) is 21.6. The second kappa shape index (κ2) is 16.6. The molecule has 2 N–H and O–H groups in total. The molecule has 1 aliphatic heterocycles. The fourth-order valence-electron chi connectivity index (χ4n) is 4.57. The van der Waals surface area contributed by atoms with Crippen molar-refractivity contribution in [2.24, 2.45) is 0 Å². The zero-order valence-electron chi connectivity index (χ0n) is 24.5. The van der Waals surface area contributed by atoms with Crippen molar-refractivity contribution >= 4 is 44.8 Å². The number of rotatable bonds is 0. The first-order valence-corrected chi connectivity index (χ1v) is 16.6. The number of aromatic nitrogens is 4. The van der Waals surface area contributed by atoms with Gasteiger partial charge >= 0.3 is 0 Å². The third-order valence-electron chi connectivity index (χ3n) is 6.72. The summed E-state index contributed by atoms with van der Waals surface area (Å²) in [5, 5.41) is 25.2. The Kier molecular flexibility index (Phi) is 11.8. The maximum Gasteiger partial charge on any atom is 0.230 e. The second-order valence-corrected chi connectivity index (χ2v) is 12.5. The van der Waals surface area contributed by atoms with Crippen molar-refractivity contribution in [1.29, 1.82) is 0 Å². The van der Waals surface area contributed by atoms with E-state index < -0.39 is 0 Å². The van der Waals surface area contributed by atoms with E-state index in [1.54, 1.807) is 0 Å². The van der Waals surface area contributed by atoms with Gasteiger partial charge in [0.1, 0.15) is 21.5 Å². The molecule has 0 saturated carbocycles. The normalized spacial score (nSPS) is 17.0. The van der Waals surface area contributed by atoms with Gasteiger partial charge in [0.25, 0.3) is 0 Å². The smallest absolute Gasteiger partial charge is 0.230 e. The zero-order valence-corrected chi connectivity index (χ0v) is 26.1. The van der Waals surface area contributed by atoms with Gasteiger partial charge in [-0.05, 0) is 73.9 Å². The fourth-order valence-corrected chi connectivity index (χ4v) is 6.16. The molecule has 0 spiro atoms. The summed E-state index contributed by atoms with van der Waals surface area (Å²) in [5.41, 5.74) is 1.76. The van der Waals surface area contributed by atoms with Crippen molar-refractivity contribution in [3.8, 4) is 11.5 Å². The van der Waals surface area contributed by atoms with Crippen LogP contribution in [-0.4, -0.2) is 45.4 Å². The monoisotopic (exact) mass is 632 g/mol. The Bertz CT molecular complexity index is 1440. The number of anilines is 2. The highest BCUT2D eigenvalue weighted by Gasteiger charge is 2.12. The lowest BCUT2D eigenvalue weighted by Gasteiger charge is -2.08. The van der Waals surface area contributed by atoms with Gasteiger partial charge in [-0.2, -0.15) is 0 Å². The highest BCUT2D eigenvalue weighted by atomic mass is 32.1. The number of amides is 2. The molecule has 5 rings (SSSR count). The van der Waals surface area contributed by atoms with Crippen molar-refractivity contribution in [3.63, 3.8) is 0 Å². The van der Waals surface area contributed by atoms with E-state index in [1.165, 1.54) is 22.7 Å². The SMILES string of the molecule is O=C1Cc2cccc(c2)OCCC/C=C\CCCOc2cccc(c2)CC(=O)Nc2nnc(s2)CCCCc2nnc(s2)N1. The highest BCUT2D eigenvalue weighted by molar-refractivity contribution is 7.15. The molecule has 2 aromatic carbocycles. The van der Waals surface area contributed by atoms with Gasteiger partial charge < -0.3 is 20.1 Å². The number of ether oxygens (including phenoxy) is 2. The fraction of sp³-hybridized carbons (Fsp3) is 0.375. The van der Waals surface area contributed by atoms with Crippen LogP contribution in [0.2, 0.25) is 0 Å². The number of nitrogens with zero attached hydrogens (tertiary/aromatic N) is 4. The van der Waals surface area contributed by atoms with Crippen LogP contribution < -0.4 is 20.1 Å². The molecule has 0 atom stereocenters. The third-order valence-corrected chi connectivity index (χ3v) is 8.52. The quantitative estimate of drug-likeness (QED) is 0.219. The van der Waals surface area contributed by atoms with Crippen molar-refractivity contribution in [2.75, 3.05) is 23.8 Å². The van der Waals surface area contributed by atoms with Crippen molar-refractivity contribution in [3.05, 3.63) is 81.8 Å². The van der Waals surface area contributed by atoms with Gasteiger partial charge in [0.05, 0.1) is 26.1 Å². The lowest BCUT2D eigenvalue weighted by molar-refractivity contribution is -0.116. The van der Waals surface area contributed by atoms with Gasteiger partial charge in [0.15, 0.2) is 0 Å². The topological polar surface area (TPSA) is 128 Å². The van der Waals surface area contributed by atoms with E-state index in [9.17, 15) is 9.59 Å². The Morgan fingerprint density at radius 1 is 0.614 bits per heavy atom. The number of hydrogen-bond acceptors (Lipinski definition) is 10. The average molecular weight is 633 g/mol. The van der Waals surface area contributed by atoms with Crippen molar-refractivity contribution < 1.29 is 19.1 Å². The van der Waals surface area contributed by atoms with Crippen LogP contribution in [0.5, 0.6) is 11.5 Å². The average Bonchev–Trinajstić information content (AvgIpc) is 3.65. The number of carbonyl (C=O) groups excluding carboxylic acids is 2. The molecular weight excluding hydrogens is 597 g/mol. The molecule has 0 unspecified atom stereocenters. The molecule has 230 valence electrons. The van der Waals surface area contributed by atoms with Crippen LogP contribution in [0.15, 0.2) is 60.7 Å².